The minimum absolute atomic E-state index is 0.108. The smallest absolute Gasteiger partial charge is 0.224 e. The first-order valence-corrected chi connectivity index (χ1v) is 13.2. The van der Waals surface area contributed by atoms with E-state index in [2.05, 4.69) is 16.9 Å². The maximum absolute atomic E-state index is 12.5. The molecule has 0 atom stereocenters. The molecule has 1 amide bonds. The summed E-state index contributed by atoms with van der Waals surface area (Å²) in [6, 6.07) is 4.85. The lowest BCUT2D eigenvalue weighted by Gasteiger charge is -2.29. The van der Waals surface area contributed by atoms with Crippen molar-refractivity contribution in [3.05, 3.63) is 46.6 Å². The van der Waals surface area contributed by atoms with Crippen LogP contribution in [0.2, 0.25) is 10.0 Å². The fourth-order valence-electron chi connectivity index (χ4n) is 3.72. The van der Waals surface area contributed by atoms with Gasteiger partial charge in [0.2, 0.25) is 21.8 Å². The van der Waals surface area contributed by atoms with Crippen LogP contribution in [0.5, 0.6) is 17.4 Å². The Balaban J connectivity index is 1.65. The van der Waals surface area contributed by atoms with Crippen LogP contribution in [0.15, 0.2) is 31.0 Å². The molecule has 184 valence electrons. The Morgan fingerprint density at radius 2 is 1.85 bits per heavy atom. The molecule has 0 aliphatic carbocycles. The molecule has 2 aromatic rings. The first-order chi connectivity index (χ1) is 16.0. The van der Waals surface area contributed by atoms with Gasteiger partial charge in [0.25, 0.3) is 0 Å². The zero-order valence-electron chi connectivity index (χ0n) is 19.2. The van der Waals surface area contributed by atoms with Gasteiger partial charge in [0, 0.05) is 30.8 Å². The molecule has 1 aliphatic heterocycles. The molecule has 0 bridgehead atoms. The Morgan fingerprint density at radius 1 is 1.24 bits per heavy atom. The molecule has 0 unspecified atom stereocenters. The molecule has 11 heteroatoms. The Kier molecular flexibility index (Phi) is 8.46. The number of allylic oxidation sites excluding steroid dienone is 1. The molecule has 3 rings (SSSR count). The number of piperidine rings is 1. The summed E-state index contributed by atoms with van der Waals surface area (Å²) in [7, 11) is -1.67. The van der Waals surface area contributed by atoms with Gasteiger partial charge in [0.15, 0.2) is 5.75 Å². The SMILES string of the molecule is C=C(C)c1cc(Oc2c(Cl)cc(NC(=O)CC3CCN(S(C)(=O)=O)CC3)cc2Cl)cnc1OC. The first-order valence-electron chi connectivity index (χ1n) is 10.6. The summed E-state index contributed by atoms with van der Waals surface area (Å²) in [6.07, 6.45) is 4.24. The predicted molar refractivity (Wildman–Crippen MR) is 134 cm³/mol. The summed E-state index contributed by atoms with van der Waals surface area (Å²) < 4.78 is 35.8. The van der Waals surface area contributed by atoms with E-state index in [0.29, 0.717) is 48.8 Å². The second-order valence-corrected chi connectivity index (χ2v) is 11.0. The van der Waals surface area contributed by atoms with Gasteiger partial charge in [-0.25, -0.2) is 17.7 Å². The van der Waals surface area contributed by atoms with Gasteiger partial charge in [-0.15, -0.1) is 0 Å². The molecular formula is C23H27Cl2N3O5S. The third-order valence-electron chi connectivity index (χ3n) is 5.50. The van der Waals surface area contributed by atoms with Crippen molar-refractivity contribution in [3.63, 3.8) is 0 Å². The number of rotatable bonds is 8. The topological polar surface area (TPSA) is 97.8 Å². The van der Waals surface area contributed by atoms with Crippen molar-refractivity contribution in [2.24, 2.45) is 5.92 Å². The highest BCUT2D eigenvalue weighted by Gasteiger charge is 2.26. The van der Waals surface area contributed by atoms with Crippen LogP contribution in [0.1, 0.15) is 31.7 Å². The molecule has 1 aliphatic rings. The van der Waals surface area contributed by atoms with Crippen LogP contribution < -0.4 is 14.8 Å². The van der Waals surface area contributed by atoms with Crippen molar-refractivity contribution in [1.29, 1.82) is 0 Å². The van der Waals surface area contributed by atoms with Crippen LogP contribution in [0.4, 0.5) is 5.69 Å². The lowest BCUT2D eigenvalue weighted by atomic mass is 9.94. The molecule has 1 N–H and O–H groups in total. The van der Waals surface area contributed by atoms with E-state index in [0.717, 1.165) is 5.57 Å². The number of sulfonamides is 1. The van der Waals surface area contributed by atoms with Crippen LogP contribution >= 0.6 is 23.2 Å². The second-order valence-electron chi connectivity index (χ2n) is 8.24. The van der Waals surface area contributed by atoms with Crippen LogP contribution in [0.3, 0.4) is 0 Å². The van der Waals surface area contributed by atoms with Crippen LogP contribution in [-0.2, 0) is 14.8 Å². The molecule has 2 heterocycles. The number of anilines is 1. The zero-order valence-corrected chi connectivity index (χ0v) is 21.6. The van der Waals surface area contributed by atoms with Gasteiger partial charge in [-0.3, -0.25) is 4.79 Å². The van der Waals surface area contributed by atoms with E-state index in [1.54, 1.807) is 18.2 Å². The summed E-state index contributed by atoms with van der Waals surface area (Å²) >= 11 is 12.8. The summed E-state index contributed by atoms with van der Waals surface area (Å²) in [4.78, 5) is 16.7. The quantitative estimate of drug-likeness (QED) is 0.505. The van der Waals surface area contributed by atoms with Gasteiger partial charge in [-0.2, -0.15) is 0 Å². The third-order valence-corrected chi connectivity index (χ3v) is 7.36. The minimum atomic E-state index is -3.20. The number of hydrogen-bond donors (Lipinski definition) is 1. The molecule has 0 saturated carbocycles. The Bertz CT molecular complexity index is 1170. The number of aromatic nitrogens is 1. The van der Waals surface area contributed by atoms with Crippen LogP contribution in [0, 0.1) is 5.92 Å². The van der Waals surface area contributed by atoms with Gasteiger partial charge in [-0.1, -0.05) is 29.8 Å². The second kappa shape index (κ2) is 10.9. The van der Waals surface area contributed by atoms with Crippen molar-refractivity contribution in [2.75, 3.05) is 31.8 Å². The normalized spacial score (nSPS) is 15.1. The lowest BCUT2D eigenvalue weighted by molar-refractivity contribution is -0.117. The number of benzene rings is 1. The predicted octanol–water partition coefficient (Wildman–Crippen LogP) is 5.22. The highest BCUT2D eigenvalue weighted by Crippen LogP contribution is 2.40. The number of carbonyl (C=O) groups is 1. The van der Waals surface area contributed by atoms with E-state index < -0.39 is 10.0 Å². The van der Waals surface area contributed by atoms with E-state index in [1.165, 1.54) is 23.9 Å². The Hall–Kier alpha value is -2.33. The van der Waals surface area contributed by atoms with E-state index >= 15 is 0 Å². The van der Waals surface area contributed by atoms with Crippen molar-refractivity contribution < 1.29 is 22.7 Å². The molecule has 1 aromatic heterocycles. The van der Waals surface area contributed by atoms with Gasteiger partial charge in [-0.05, 0) is 49.5 Å². The van der Waals surface area contributed by atoms with Crippen LogP contribution in [0.25, 0.3) is 5.57 Å². The van der Waals surface area contributed by atoms with Gasteiger partial charge < -0.3 is 14.8 Å². The highest BCUT2D eigenvalue weighted by atomic mass is 35.5. The molecule has 1 saturated heterocycles. The minimum Gasteiger partial charge on any atom is -0.481 e. The van der Waals surface area contributed by atoms with E-state index in [1.807, 2.05) is 6.92 Å². The van der Waals surface area contributed by atoms with Crippen molar-refractivity contribution in [1.82, 2.24) is 9.29 Å². The molecular weight excluding hydrogens is 501 g/mol. The zero-order chi connectivity index (χ0) is 25.0. The number of carbonyl (C=O) groups excluding carboxylic acids is 1. The standard InChI is InChI=1S/C23H27Cl2N3O5S/c1-14(2)18-12-17(13-26-23(18)32-3)33-22-19(24)10-16(11-20(22)25)27-21(29)9-15-5-7-28(8-6-15)34(4,30)31/h10-13,15H,1,5-9H2,2-4H3,(H,27,29). The third kappa shape index (κ3) is 6.63. The first kappa shape index (κ1) is 26.3. The summed E-state index contributed by atoms with van der Waals surface area (Å²) in [5, 5.41) is 3.25. The van der Waals surface area contributed by atoms with E-state index in [4.69, 9.17) is 32.7 Å². The fourth-order valence-corrected chi connectivity index (χ4v) is 5.16. The molecule has 34 heavy (non-hydrogen) atoms. The fraction of sp³-hybridized carbons (Fsp3) is 0.391. The van der Waals surface area contributed by atoms with Crippen molar-refractivity contribution in [3.8, 4) is 17.4 Å². The Labute approximate surface area is 209 Å². The average molecular weight is 528 g/mol. The monoisotopic (exact) mass is 527 g/mol. The molecule has 0 radical (unpaired) electrons. The van der Waals surface area contributed by atoms with Gasteiger partial charge in [0.1, 0.15) is 5.75 Å². The summed E-state index contributed by atoms with van der Waals surface area (Å²) in [5.74, 6) is 0.978. The highest BCUT2D eigenvalue weighted by molar-refractivity contribution is 7.88. The Morgan fingerprint density at radius 3 is 2.38 bits per heavy atom. The number of amides is 1. The van der Waals surface area contributed by atoms with Gasteiger partial charge >= 0.3 is 0 Å². The number of halogens is 2. The van der Waals surface area contributed by atoms with Crippen molar-refractivity contribution in [2.45, 2.75) is 26.2 Å². The van der Waals surface area contributed by atoms with Gasteiger partial charge in [0.05, 0.1) is 29.6 Å². The lowest BCUT2D eigenvalue weighted by Crippen LogP contribution is -2.38. The van der Waals surface area contributed by atoms with E-state index in [-0.39, 0.29) is 34.0 Å². The van der Waals surface area contributed by atoms with E-state index in [9.17, 15) is 13.2 Å². The molecule has 8 nitrogen and oxygen atoms in total. The molecule has 1 fully saturated rings. The summed E-state index contributed by atoms with van der Waals surface area (Å²) in [5.41, 5.74) is 1.89. The number of nitrogens with one attached hydrogen (secondary N) is 1. The molecule has 1 aromatic carbocycles. The number of methoxy groups -OCH3 is 1. The number of hydrogen-bond acceptors (Lipinski definition) is 6. The number of nitrogens with zero attached hydrogens (tertiary/aromatic N) is 2. The van der Waals surface area contributed by atoms with Crippen LogP contribution in [-0.4, -0.2) is 50.1 Å². The summed E-state index contributed by atoms with van der Waals surface area (Å²) in [6.45, 7) is 6.59. The number of ether oxygens (including phenoxy) is 2. The molecule has 0 spiro atoms. The average Bonchev–Trinajstić information content (AvgIpc) is 2.75. The number of pyridine rings is 1. The largest absolute Gasteiger partial charge is 0.481 e. The maximum atomic E-state index is 12.5. The van der Waals surface area contributed by atoms with Crippen molar-refractivity contribution >= 4 is 50.4 Å². The maximum Gasteiger partial charge on any atom is 0.224 e.